The number of benzene rings is 1. The number of methoxy groups -OCH3 is 1. The minimum atomic E-state index is -0.440. The van der Waals surface area contributed by atoms with Crippen LogP contribution in [0.25, 0.3) is 0 Å². The monoisotopic (exact) mass is 257 g/mol. The molecule has 1 aromatic carbocycles. The predicted octanol–water partition coefficient (Wildman–Crippen LogP) is 1.77. The highest BCUT2D eigenvalue weighted by molar-refractivity contribution is 6.04. The summed E-state index contributed by atoms with van der Waals surface area (Å²) in [5.41, 5.74) is 1.78. The molecule has 1 fully saturated rings. The molecule has 1 heterocycles. The first kappa shape index (κ1) is 13.2. The van der Waals surface area contributed by atoms with Gasteiger partial charge >= 0.3 is 5.97 Å². The van der Waals surface area contributed by atoms with Crippen molar-refractivity contribution in [1.82, 2.24) is 0 Å². The fourth-order valence-corrected chi connectivity index (χ4v) is 2.30. The fraction of sp³-hybridized carbons (Fsp3) is 0.333. The molecule has 2 rings (SSSR count). The van der Waals surface area contributed by atoms with Crippen LogP contribution < -0.4 is 4.90 Å². The Labute approximate surface area is 112 Å². The molecule has 1 saturated heterocycles. The van der Waals surface area contributed by atoms with Crippen molar-refractivity contribution in [2.45, 2.75) is 13.3 Å². The smallest absolute Gasteiger partial charge is 0.340 e. The Morgan fingerprint density at radius 1 is 1.53 bits per heavy atom. The summed E-state index contributed by atoms with van der Waals surface area (Å²) in [5, 5.41) is 0. The molecule has 4 nitrogen and oxygen atoms in total. The van der Waals surface area contributed by atoms with E-state index in [2.05, 4.69) is 5.92 Å². The first-order chi connectivity index (χ1) is 9.08. The third-order valence-corrected chi connectivity index (χ3v) is 3.29. The number of anilines is 1. The van der Waals surface area contributed by atoms with Crippen LogP contribution in [0.3, 0.4) is 0 Å². The van der Waals surface area contributed by atoms with Crippen LogP contribution in [-0.4, -0.2) is 25.5 Å². The maximum Gasteiger partial charge on any atom is 0.340 e. The lowest BCUT2D eigenvalue weighted by molar-refractivity contribution is -0.117. The highest BCUT2D eigenvalue weighted by atomic mass is 16.5. The summed E-state index contributed by atoms with van der Waals surface area (Å²) in [4.78, 5) is 25.4. The number of rotatable bonds is 2. The van der Waals surface area contributed by atoms with Gasteiger partial charge in [-0.2, -0.15) is 0 Å². The zero-order valence-electron chi connectivity index (χ0n) is 11.0. The van der Waals surface area contributed by atoms with E-state index >= 15 is 0 Å². The lowest BCUT2D eigenvalue weighted by Crippen LogP contribution is -2.27. The van der Waals surface area contributed by atoms with Crippen LogP contribution in [0.15, 0.2) is 18.2 Å². The SMILES string of the molecule is C#CC1CC(=O)N(c2cccc(C)c2C(=O)OC)C1. The van der Waals surface area contributed by atoms with E-state index in [1.807, 2.05) is 19.1 Å². The van der Waals surface area contributed by atoms with Gasteiger partial charge in [0.05, 0.1) is 18.4 Å². The highest BCUT2D eigenvalue weighted by Gasteiger charge is 2.32. The molecule has 0 aromatic heterocycles. The van der Waals surface area contributed by atoms with E-state index in [1.54, 1.807) is 11.0 Å². The summed E-state index contributed by atoms with van der Waals surface area (Å²) in [6.07, 6.45) is 5.69. The van der Waals surface area contributed by atoms with E-state index in [9.17, 15) is 9.59 Å². The van der Waals surface area contributed by atoms with Crippen molar-refractivity contribution in [2.75, 3.05) is 18.6 Å². The van der Waals surface area contributed by atoms with Gasteiger partial charge in [0.2, 0.25) is 5.91 Å². The van der Waals surface area contributed by atoms with Crippen LogP contribution in [0.4, 0.5) is 5.69 Å². The maximum absolute atomic E-state index is 12.0. The summed E-state index contributed by atoms with van der Waals surface area (Å²) >= 11 is 0. The van der Waals surface area contributed by atoms with Gasteiger partial charge in [0, 0.05) is 18.9 Å². The molecule has 0 N–H and O–H groups in total. The largest absolute Gasteiger partial charge is 0.465 e. The summed E-state index contributed by atoms with van der Waals surface area (Å²) < 4.78 is 4.79. The standard InChI is InChI=1S/C15H15NO3/c1-4-11-8-13(17)16(9-11)12-7-5-6-10(2)14(12)15(18)19-3/h1,5-7,11H,8-9H2,2-3H3. The summed E-state index contributed by atoms with van der Waals surface area (Å²) in [5.74, 6) is 2.00. The minimum absolute atomic E-state index is 0.0568. The van der Waals surface area contributed by atoms with E-state index in [4.69, 9.17) is 11.2 Å². The van der Waals surface area contributed by atoms with E-state index in [0.29, 0.717) is 24.2 Å². The van der Waals surface area contributed by atoms with E-state index < -0.39 is 5.97 Å². The number of carbonyl (C=O) groups is 2. The minimum Gasteiger partial charge on any atom is -0.465 e. The van der Waals surface area contributed by atoms with Gasteiger partial charge in [-0.25, -0.2) is 4.79 Å². The lowest BCUT2D eigenvalue weighted by Gasteiger charge is -2.20. The summed E-state index contributed by atoms with van der Waals surface area (Å²) in [7, 11) is 1.33. The van der Waals surface area contributed by atoms with Crippen molar-refractivity contribution in [1.29, 1.82) is 0 Å². The molecular weight excluding hydrogens is 242 g/mol. The molecule has 1 aliphatic heterocycles. The Balaban J connectivity index is 2.46. The maximum atomic E-state index is 12.0. The van der Waals surface area contributed by atoms with Gasteiger partial charge in [-0.3, -0.25) is 4.79 Å². The Bertz CT molecular complexity index is 571. The second kappa shape index (κ2) is 5.15. The van der Waals surface area contributed by atoms with Crippen LogP contribution >= 0.6 is 0 Å². The van der Waals surface area contributed by atoms with Crippen LogP contribution in [0.2, 0.25) is 0 Å². The van der Waals surface area contributed by atoms with Gasteiger partial charge in [0.25, 0.3) is 0 Å². The van der Waals surface area contributed by atoms with E-state index in [0.717, 1.165) is 5.56 Å². The van der Waals surface area contributed by atoms with Gasteiger partial charge in [0.15, 0.2) is 0 Å². The lowest BCUT2D eigenvalue weighted by atomic mass is 10.1. The molecule has 19 heavy (non-hydrogen) atoms. The first-order valence-corrected chi connectivity index (χ1v) is 6.03. The number of carbonyl (C=O) groups excluding carboxylic acids is 2. The Kier molecular flexibility index (Phi) is 3.57. The summed E-state index contributed by atoms with van der Waals surface area (Å²) in [6, 6.07) is 5.37. The van der Waals surface area contributed by atoms with Crippen LogP contribution in [0.1, 0.15) is 22.3 Å². The highest BCUT2D eigenvalue weighted by Crippen LogP contribution is 2.30. The zero-order valence-corrected chi connectivity index (χ0v) is 11.0. The van der Waals surface area contributed by atoms with Crippen molar-refractivity contribution >= 4 is 17.6 Å². The Morgan fingerprint density at radius 2 is 2.26 bits per heavy atom. The van der Waals surface area contributed by atoms with E-state index in [-0.39, 0.29) is 11.8 Å². The Hall–Kier alpha value is -2.28. The second-order valence-corrected chi connectivity index (χ2v) is 4.53. The van der Waals surface area contributed by atoms with Crippen molar-refractivity contribution in [3.63, 3.8) is 0 Å². The number of esters is 1. The molecule has 0 saturated carbocycles. The zero-order chi connectivity index (χ0) is 14.0. The second-order valence-electron chi connectivity index (χ2n) is 4.53. The topological polar surface area (TPSA) is 46.6 Å². The van der Waals surface area contributed by atoms with Crippen LogP contribution in [-0.2, 0) is 9.53 Å². The first-order valence-electron chi connectivity index (χ1n) is 6.03. The van der Waals surface area contributed by atoms with Gasteiger partial charge in [-0.05, 0) is 18.6 Å². The molecule has 0 spiro atoms. The van der Waals surface area contributed by atoms with Crippen molar-refractivity contribution in [3.05, 3.63) is 29.3 Å². The molecular formula is C15H15NO3. The number of amides is 1. The molecule has 1 aromatic rings. The molecule has 1 aliphatic rings. The molecule has 1 atom stereocenters. The molecule has 0 aliphatic carbocycles. The molecule has 0 radical (unpaired) electrons. The number of aryl methyl sites for hydroxylation is 1. The number of hydrogen-bond acceptors (Lipinski definition) is 3. The molecule has 98 valence electrons. The van der Waals surface area contributed by atoms with Gasteiger partial charge in [0.1, 0.15) is 0 Å². The normalized spacial score (nSPS) is 18.3. The predicted molar refractivity (Wildman–Crippen MR) is 71.8 cm³/mol. The molecule has 1 unspecified atom stereocenters. The van der Waals surface area contributed by atoms with Crippen LogP contribution in [0.5, 0.6) is 0 Å². The quantitative estimate of drug-likeness (QED) is 0.599. The van der Waals surface area contributed by atoms with Crippen molar-refractivity contribution < 1.29 is 14.3 Å². The average Bonchev–Trinajstić information content (AvgIpc) is 2.79. The average molecular weight is 257 g/mol. The Morgan fingerprint density at radius 3 is 2.84 bits per heavy atom. The number of hydrogen-bond donors (Lipinski definition) is 0. The number of terminal acetylenes is 1. The van der Waals surface area contributed by atoms with Crippen molar-refractivity contribution in [2.24, 2.45) is 5.92 Å². The van der Waals surface area contributed by atoms with Gasteiger partial charge in [-0.15, -0.1) is 12.3 Å². The fourth-order valence-electron chi connectivity index (χ4n) is 2.30. The number of ether oxygens (including phenoxy) is 1. The number of nitrogens with zero attached hydrogens (tertiary/aromatic N) is 1. The third-order valence-electron chi connectivity index (χ3n) is 3.29. The van der Waals surface area contributed by atoms with Gasteiger partial charge in [-0.1, -0.05) is 12.1 Å². The molecule has 1 amide bonds. The van der Waals surface area contributed by atoms with E-state index in [1.165, 1.54) is 7.11 Å². The van der Waals surface area contributed by atoms with Crippen molar-refractivity contribution in [3.8, 4) is 12.3 Å². The molecule has 4 heteroatoms. The van der Waals surface area contributed by atoms with Crippen LogP contribution in [0, 0.1) is 25.2 Å². The van der Waals surface area contributed by atoms with Gasteiger partial charge < -0.3 is 9.64 Å². The molecule has 0 bridgehead atoms. The summed E-state index contributed by atoms with van der Waals surface area (Å²) in [6.45, 7) is 2.26. The third kappa shape index (κ3) is 2.32.